The summed E-state index contributed by atoms with van der Waals surface area (Å²) in [7, 11) is 0. The maximum Gasteiger partial charge on any atom is 0.243 e. The molecule has 1 aliphatic carbocycles. The molecule has 1 aromatic rings. The van der Waals surface area contributed by atoms with Crippen molar-refractivity contribution in [3.8, 4) is 0 Å². The van der Waals surface area contributed by atoms with Gasteiger partial charge in [-0.25, -0.2) is 0 Å². The molecule has 0 saturated heterocycles. The summed E-state index contributed by atoms with van der Waals surface area (Å²) < 4.78 is 0.959. The van der Waals surface area contributed by atoms with Crippen molar-refractivity contribution in [3.63, 3.8) is 0 Å². The van der Waals surface area contributed by atoms with Crippen LogP contribution in [0, 0.1) is 5.41 Å². The first-order valence-corrected chi connectivity index (χ1v) is 7.47. The summed E-state index contributed by atoms with van der Waals surface area (Å²) in [5.74, 6) is -0.251. The molecule has 0 spiro atoms. The lowest BCUT2D eigenvalue weighted by atomic mass is 9.69. The van der Waals surface area contributed by atoms with Crippen molar-refractivity contribution in [2.24, 2.45) is 11.1 Å². The predicted molar refractivity (Wildman–Crippen MR) is 81.9 cm³/mol. The molecular weight excluding hydrogens is 304 g/mol. The summed E-state index contributed by atoms with van der Waals surface area (Å²) in [5.41, 5.74) is 6.29. The Labute approximate surface area is 123 Å². The Balaban J connectivity index is 2.23. The Morgan fingerprint density at radius 2 is 1.79 bits per heavy atom. The zero-order valence-electron chi connectivity index (χ0n) is 11.5. The van der Waals surface area contributed by atoms with E-state index in [1.165, 1.54) is 0 Å². The molecule has 0 bridgehead atoms. The van der Waals surface area contributed by atoms with Gasteiger partial charge in [-0.05, 0) is 59.2 Å². The molecule has 2 rings (SSSR count). The van der Waals surface area contributed by atoms with E-state index in [9.17, 15) is 4.79 Å². The number of anilines is 1. The van der Waals surface area contributed by atoms with Gasteiger partial charge in [0.25, 0.3) is 0 Å². The molecule has 0 aliphatic heterocycles. The third-order valence-corrected chi connectivity index (χ3v) is 4.87. The molecule has 1 amide bonds. The average molecular weight is 325 g/mol. The van der Waals surface area contributed by atoms with Crippen LogP contribution in [0.1, 0.15) is 39.5 Å². The Hall–Kier alpha value is -1.03. The lowest BCUT2D eigenvalue weighted by Gasteiger charge is -2.42. The summed E-state index contributed by atoms with van der Waals surface area (Å²) in [6, 6.07) is 7.84. The normalized spacial score (nSPS) is 20.8. The molecule has 1 fully saturated rings. The zero-order valence-corrected chi connectivity index (χ0v) is 13.1. The second-order valence-corrected chi connectivity index (χ2v) is 7.07. The van der Waals surface area contributed by atoms with E-state index in [0.717, 1.165) is 35.8 Å². The topological polar surface area (TPSA) is 55.1 Å². The fourth-order valence-corrected chi connectivity index (χ4v) is 2.99. The molecule has 1 aromatic carbocycles. The molecule has 104 valence electrons. The van der Waals surface area contributed by atoms with Crippen LogP contribution < -0.4 is 11.1 Å². The van der Waals surface area contributed by atoms with Crippen LogP contribution in [0.5, 0.6) is 0 Å². The number of amides is 1. The fraction of sp³-hybridized carbons (Fsp3) is 0.533. The molecule has 0 unspecified atom stereocenters. The lowest BCUT2D eigenvalue weighted by Crippen LogP contribution is -2.53. The van der Waals surface area contributed by atoms with Gasteiger partial charge in [-0.15, -0.1) is 0 Å². The number of hydrogen-bond acceptors (Lipinski definition) is 2. The standard InChI is InChI=1S/C15H21BrN2O/c1-14(2)7-9-15(10-8-14,13(17)19)18-12-6-4-3-5-11(12)16/h3-6,18H,7-10H2,1-2H3,(H2,17,19). The number of primary amides is 1. The van der Waals surface area contributed by atoms with Crippen molar-refractivity contribution >= 4 is 27.5 Å². The molecule has 0 aromatic heterocycles. The number of para-hydroxylation sites is 1. The fourth-order valence-electron chi connectivity index (χ4n) is 2.61. The molecule has 19 heavy (non-hydrogen) atoms. The number of carbonyl (C=O) groups is 1. The number of nitrogens with two attached hydrogens (primary N) is 1. The van der Waals surface area contributed by atoms with E-state index < -0.39 is 5.54 Å². The van der Waals surface area contributed by atoms with Gasteiger partial charge in [0.2, 0.25) is 5.91 Å². The van der Waals surface area contributed by atoms with Gasteiger partial charge < -0.3 is 11.1 Å². The first-order chi connectivity index (χ1) is 8.85. The summed E-state index contributed by atoms with van der Waals surface area (Å²) in [6.07, 6.45) is 3.59. The van der Waals surface area contributed by atoms with Gasteiger partial charge in [-0.1, -0.05) is 26.0 Å². The Bertz CT molecular complexity index is 475. The molecule has 0 radical (unpaired) electrons. The van der Waals surface area contributed by atoms with Crippen LogP contribution in [0.2, 0.25) is 0 Å². The average Bonchev–Trinajstić information content (AvgIpc) is 2.34. The molecular formula is C15H21BrN2O. The van der Waals surface area contributed by atoms with Crippen molar-refractivity contribution in [1.82, 2.24) is 0 Å². The third-order valence-electron chi connectivity index (χ3n) is 4.18. The number of hydrogen-bond donors (Lipinski definition) is 2. The van der Waals surface area contributed by atoms with Gasteiger partial charge in [-0.2, -0.15) is 0 Å². The van der Waals surface area contributed by atoms with Crippen LogP contribution >= 0.6 is 15.9 Å². The predicted octanol–water partition coefficient (Wildman–Crippen LogP) is 3.69. The van der Waals surface area contributed by atoms with E-state index in [4.69, 9.17) is 5.73 Å². The number of halogens is 1. The summed E-state index contributed by atoms with van der Waals surface area (Å²) in [6.45, 7) is 4.49. The monoisotopic (exact) mass is 324 g/mol. The lowest BCUT2D eigenvalue weighted by molar-refractivity contribution is -0.124. The first kappa shape index (κ1) is 14.4. The second-order valence-electron chi connectivity index (χ2n) is 6.22. The molecule has 0 heterocycles. The van der Waals surface area contributed by atoms with Crippen LogP contribution in [0.4, 0.5) is 5.69 Å². The summed E-state index contributed by atoms with van der Waals surface area (Å²) >= 11 is 3.50. The van der Waals surface area contributed by atoms with Gasteiger partial charge in [0.05, 0.1) is 0 Å². The molecule has 1 aliphatic rings. The number of carbonyl (C=O) groups excluding carboxylic acids is 1. The van der Waals surface area contributed by atoms with E-state index >= 15 is 0 Å². The van der Waals surface area contributed by atoms with Crippen molar-refractivity contribution in [1.29, 1.82) is 0 Å². The smallest absolute Gasteiger partial charge is 0.243 e. The van der Waals surface area contributed by atoms with Crippen LogP contribution in [-0.4, -0.2) is 11.4 Å². The SMILES string of the molecule is CC1(C)CCC(Nc2ccccc2Br)(C(N)=O)CC1. The van der Waals surface area contributed by atoms with Gasteiger partial charge in [0, 0.05) is 10.2 Å². The Kier molecular flexibility index (Phi) is 3.90. The minimum absolute atomic E-state index is 0.251. The molecule has 0 atom stereocenters. The molecule has 3 N–H and O–H groups in total. The van der Waals surface area contributed by atoms with E-state index in [-0.39, 0.29) is 5.91 Å². The van der Waals surface area contributed by atoms with Crippen molar-refractivity contribution in [2.75, 3.05) is 5.32 Å². The van der Waals surface area contributed by atoms with Crippen LogP contribution in [-0.2, 0) is 4.79 Å². The van der Waals surface area contributed by atoms with Crippen LogP contribution in [0.25, 0.3) is 0 Å². The van der Waals surface area contributed by atoms with Crippen molar-refractivity contribution in [2.45, 2.75) is 45.1 Å². The van der Waals surface area contributed by atoms with Gasteiger partial charge in [-0.3, -0.25) is 4.79 Å². The highest BCUT2D eigenvalue weighted by molar-refractivity contribution is 9.10. The highest BCUT2D eigenvalue weighted by atomic mass is 79.9. The Morgan fingerprint density at radius 3 is 2.32 bits per heavy atom. The van der Waals surface area contributed by atoms with E-state index in [1.54, 1.807) is 0 Å². The highest BCUT2D eigenvalue weighted by Crippen LogP contribution is 2.42. The quantitative estimate of drug-likeness (QED) is 0.890. The van der Waals surface area contributed by atoms with E-state index in [2.05, 4.69) is 35.1 Å². The van der Waals surface area contributed by atoms with Crippen molar-refractivity contribution in [3.05, 3.63) is 28.7 Å². The summed E-state index contributed by atoms with van der Waals surface area (Å²) in [4.78, 5) is 11.9. The van der Waals surface area contributed by atoms with Crippen molar-refractivity contribution < 1.29 is 4.79 Å². The van der Waals surface area contributed by atoms with E-state index in [0.29, 0.717) is 5.41 Å². The second kappa shape index (κ2) is 5.16. The van der Waals surface area contributed by atoms with Gasteiger partial charge in [0.1, 0.15) is 5.54 Å². The number of rotatable bonds is 3. The largest absolute Gasteiger partial charge is 0.370 e. The van der Waals surface area contributed by atoms with Gasteiger partial charge >= 0.3 is 0 Å². The molecule has 3 nitrogen and oxygen atoms in total. The van der Waals surface area contributed by atoms with Crippen LogP contribution in [0.3, 0.4) is 0 Å². The minimum atomic E-state index is -0.612. The minimum Gasteiger partial charge on any atom is -0.370 e. The Morgan fingerprint density at radius 1 is 1.21 bits per heavy atom. The number of benzene rings is 1. The maximum atomic E-state index is 11.9. The highest BCUT2D eigenvalue weighted by Gasteiger charge is 2.42. The first-order valence-electron chi connectivity index (χ1n) is 6.67. The number of nitrogens with one attached hydrogen (secondary N) is 1. The molecule has 1 saturated carbocycles. The molecule has 4 heteroatoms. The van der Waals surface area contributed by atoms with E-state index in [1.807, 2.05) is 24.3 Å². The maximum absolute atomic E-state index is 11.9. The zero-order chi connectivity index (χ0) is 14.1. The van der Waals surface area contributed by atoms with Gasteiger partial charge in [0.15, 0.2) is 0 Å². The van der Waals surface area contributed by atoms with Crippen LogP contribution in [0.15, 0.2) is 28.7 Å². The summed E-state index contributed by atoms with van der Waals surface area (Å²) in [5, 5.41) is 3.38. The third kappa shape index (κ3) is 3.11.